The maximum Gasteiger partial charge on any atom is 0.105 e. The summed E-state index contributed by atoms with van der Waals surface area (Å²) in [7, 11) is 0. The third-order valence-electron chi connectivity index (χ3n) is 2.76. The van der Waals surface area contributed by atoms with Crippen molar-refractivity contribution in [2.45, 2.75) is 6.92 Å². The van der Waals surface area contributed by atoms with Gasteiger partial charge in [-0.3, -0.25) is 0 Å². The second-order valence-corrected chi connectivity index (χ2v) is 6.37. The number of thiocarbonyl (C=S) groups is 1. The van der Waals surface area contributed by atoms with Gasteiger partial charge in [0, 0.05) is 20.7 Å². The molecular weight excluding hydrogens is 379 g/mol. The normalized spacial score (nSPS) is 10.4. The number of nitrogens with one attached hydrogen (secondary N) is 1. The molecule has 0 aliphatic carbocycles. The standard InChI is InChI=1S/C14H11BrCl2N2S/c1-7-4-12(17)13(6-11(7)16)19-8-2-3-9(14(18)20)10(15)5-8/h2-6,19H,1H3,(H2,18,20). The summed E-state index contributed by atoms with van der Waals surface area (Å²) in [5.41, 5.74) is 8.96. The van der Waals surface area contributed by atoms with Crippen LogP contribution in [0.3, 0.4) is 0 Å². The van der Waals surface area contributed by atoms with Crippen LogP contribution in [-0.2, 0) is 0 Å². The summed E-state index contributed by atoms with van der Waals surface area (Å²) < 4.78 is 0.823. The summed E-state index contributed by atoms with van der Waals surface area (Å²) >= 11 is 20.7. The molecule has 3 N–H and O–H groups in total. The molecule has 20 heavy (non-hydrogen) atoms. The number of anilines is 2. The maximum absolute atomic E-state index is 6.20. The van der Waals surface area contributed by atoms with Crippen LogP contribution < -0.4 is 11.1 Å². The van der Waals surface area contributed by atoms with Gasteiger partial charge in [-0.1, -0.05) is 35.4 Å². The molecule has 0 atom stereocenters. The fourth-order valence-corrected chi connectivity index (χ4v) is 3.02. The van der Waals surface area contributed by atoms with E-state index >= 15 is 0 Å². The zero-order chi connectivity index (χ0) is 14.9. The summed E-state index contributed by atoms with van der Waals surface area (Å²) in [6.07, 6.45) is 0. The Balaban J connectivity index is 2.33. The molecule has 0 aliphatic rings. The van der Waals surface area contributed by atoms with Gasteiger partial charge in [-0.25, -0.2) is 0 Å². The molecule has 0 bridgehead atoms. The van der Waals surface area contributed by atoms with Gasteiger partial charge in [-0.15, -0.1) is 0 Å². The van der Waals surface area contributed by atoms with E-state index in [9.17, 15) is 0 Å². The Morgan fingerprint density at radius 1 is 1.20 bits per heavy atom. The van der Waals surface area contributed by atoms with Crippen LogP contribution in [-0.4, -0.2) is 4.99 Å². The second kappa shape index (κ2) is 6.31. The molecule has 2 nitrogen and oxygen atoms in total. The van der Waals surface area contributed by atoms with Crippen LogP contribution in [0, 0.1) is 6.92 Å². The van der Waals surface area contributed by atoms with E-state index in [2.05, 4.69) is 21.2 Å². The highest BCUT2D eigenvalue weighted by atomic mass is 79.9. The van der Waals surface area contributed by atoms with Crippen LogP contribution in [0.4, 0.5) is 11.4 Å². The van der Waals surface area contributed by atoms with Crippen LogP contribution in [0.1, 0.15) is 11.1 Å². The smallest absolute Gasteiger partial charge is 0.105 e. The van der Waals surface area contributed by atoms with Crippen LogP contribution in [0.15, 0.2) is 34.8 Å². The molecule has 2 aromatic carbocycles. The lowest BCUT2D eigenvalue weighted by molar-refractivity contribution is 1.45. The monoisotopic (exact) mass is 388 g/mol. The van der Waals surface area contributed by atoms with E-state index in [1.807, 2.05) is 31.2 Å². The zero-order valence-corrected chi connectivity index (χ0v) is 14.4. The molecule has 0 amide bonds. The molecular formula is C14H11BrCl2N2S. The Kier molecular flexibility index (Phi) is 4.91. The van der Waals surface area contributed by atoms with Crippen LogP contribution in [0.2, 0.25) is 10.0 Å². The first kappa shape index (κ1) is 15.6. The van der Waals surface area contributed by atoms with Gasteiger partial charge in [0.1, 0.15) is 4.99 Å². The van der Waals surface area contributed by atoms with E-state index in [0.717, 1.165) is 27.0 Å². The average Bonchev–Trinajstić information content (AvgIpc) is 2.35. The summed E-state index contributed by atoms with van der Waals surface area (Å²) in [6, 6.07) is 9.24. The zero-order valence-electron chi connectivity index (χ0n) is 10.5. The topological polar surface area (TPSA) is 38.0 Å². The van der Waals surface area contributed by atoms with Crippen molar-refractivity contribution in [1.82, 2.24) is 0 Å². The SMILES string of the molecule is Cc1cc(Cl)c(Nc2ccc(C(N)=S)c(Br)c2)cc1Cl. The van der Waals surface area contributed by atoms with Crippen LogP contribution in [0.25, 0.3) is 0 Å². The third-order valence-corrected chi connectivity index (χ3v) is 4.36. The third kappa shape index (κ3) is 3.44. The number of hydrogen-bond donors (Lipinski definition) is 2. The maximum atomic E-state index is 6.20. The van der Waals surface area contributed by atoms with Crippen LogP contribution in [0.5, 0.6) is 0 Å². The Hall–Kier alpha value is -0.810. The largest absolute Gasteiger partial charge is 0.389 e. The van der Waals surface area contributed by atoms with Crippen LogP contribution >= 0.6 is 51.3 Å². The van der Waals surface area contributed by atoms with Gasteiger partial charge in [-0.2, -0.15) is 0 Å². The molecule has 2 aromatic rings. The quantitative estimate of drug-likeness (QED) is 0.686. The highest BCUT2D eigenvalue weighted by Gasteiger charge is 2.07. The van der Waals surface area contributed by atoms with Gasteiger partial charge in [0.25, 0.3) is 0 Å². The van der Waals surface area contributed by atoms with Gasteiger partial charge in [-0.05, 0) is 58.7 Å². The second-order valence-electron chi connectivity index (χ2n) is 4.27. The Morgan fingerprint density at radius 2 is 1.90 bits per heavy atom. The summed E-state index contributed by atoms with van der Waals surface area (Å²) in [6.45, 7) is 1.91. The van der Waals surface area contributed by atoms with E-state index in [0.29, 0.717) is 15.0 Å². The molecule has 6 heteroatoms. The molecule has 0 spiro atoms. The van der Waals surface area contributed by atoms with Crippen molar-refractivity contribution >= 4 is 67.7 Å². The Labute approximate surface area is 141 Å². The number of halogens is 3. The fraction of sp³-hybridized carbons (Fsp3) is 0.0714. The minimum atomic E-state index is 0.347. The van der Waals surface area contributed by atoms with Gasteiger partial charge in [0.15, 0.2) is 0 Å². The van der Waals surface area contributed by atoms with Gasteiger partial charge in [0.2, 0.25) is 0 Å². The van der Waals surface area contributed by atoms with Crippen molar-refractivity contribution in [3.05, 3.63) is 56.0 Å². The lowest BCUT2D eigenvalue weighted by Crippen LogP contribution is -2.10. The van der Waals surface area contributed by atoms with Crippen molar-refractivity contribution in [3.8, 4) is 0 Å². The molecule has 0 saturated heterocycles. The number of aryl methyl sites for hydroxylation is 1. The van der Waals surface area contributed by atoms with E-state index in [4.69, 9.17) is 41.2 Å². The minimum Gasteiger partial charge on any atom is -0.389 e. The first-order chi connectivity index (χ1) is 9.38. The molecule has 0 saturated carbocycles. The van der Waals surface area contributed by atoms with Crippen molar-refractivity contribution < 1.29 is 0 Å². The summed E-state index contributed by atoms with van der Waals surface area (Å²) in [5.74, 6) is 0. The van der Waals surface area contributed by atoms with E-state index < -0.39 is 0 Å². The lowest BCUT2D eigenvalue weighted by Gasteiger charge is -2.12. The average molecular weight is 390 g/mol. The molecule has 104 valence electrons. The lowest BCUT2D eigenvalue weighted by atomic mass is 10.2. The van der Waals surface area contributed by atoms with Gasteiger partial charge in [0.05, 0.1) is 10.7 Å². The van der Waals surface area contributed by atoms with E-state index in [-0.39, 0.29) is 0 Å². The molecule has 0 unspecified atom stereocenters. The van der Waals surface area contributed by atoms with Crippen molar-refractivity contribution in [2.24, 2.45) is 5.73 Å². The summed E-state index contributed by atoms with van der Waals surface area (Å²) in [4.78, 5) is 0.347. The molecule has 0 aliphatic heterocycles. The Morgan fingerprint density at radius 3 is 2.50 bits per heavy atom. The van der Waals surface area contributed by atoms with Crippen molar-refractivity contribution in [1.29, 1.82) is 0 Å². The number of hydrogen-bond acceptors (Lipinski definition) is 2. The van der Waals surface area contributed by atoms with Gasteiger partial charge < -0.3 is 11.1 Å². The van der Waals surface area contributed by atoms with Crippen molar-refractivity contribution in [2.75, 3.05) is 5.32 Å². The highest BCUT2D eigenvalue weighted by molar-refractivity contribution is 9.10. The highest BCUT2D eigenvalue weighted by Crippen LogP contribution is 2.32. The van der Waals surface area contributed by atoms with E-state index in [1.165, 1.54) is 0 Å². The first-order valence-corrected chi connectivity index (χ1v) is 7.66. The molecule has 0 aromatic heterocycles. The number of rotatable bonds is 3. The Bertz CT molecular complexity index is 689. The minimum absolute atomic E-state index is 0.347. The van der Waals surface area contributed by atoms with E-state index in [1.54, 1.807) is 6.07 Å². The summed E-state index contributed by atoms with van der Waals surface area (Å²) in [5, 5.41) is 4.49. The predicted octanol–water partition coefficient (Wildman–Crippen LogP) is 5.44. The molecule has 0 heterocycles. The fourth-order valence-electron chi connectivity index (χ4n) is 1.69. The van der Waals surface area contributed by atoms with Gasteiger partial charge >= 0.3 is 0 Å². The first-order valence-electron chi connectivity index (χ1n) is 5.70. The van der Waals surface area contributed by atoms with Crippen molar-refractivity contribution in [3.63, 3.8) is 0 Å². The molecule has 2 rings (SSSR count). The number of nitrogens with two attached hydrogens (primary N) is 1. The molecule has 0 radical (unpaired) electrons. The number of benzene rings is 2. The molecule has 0 fully saturated rings. The predicted molar refractivity (Wildman–Crippen MR) is 94.5 cm³/mol.